The third kappa shape index (κ3) is 5.46. The van der Waals surface area contributed by atoms with Crippen molar-refractivity contribution in [1.29, 1.82) is 0 Å². The molecule has 0 unspecified atom stereocenters. The van der Waals surface area contributed by atoms with E-state index in [0.29, 0.717) is 22.0 Å². The molecule has 0 spiro atoms. The lowest BCUT2D eigenvalue weighted by Crippen LogP contribution is -2.34. The van der Waals surface area contributed by atoms with E-state index in [2.05, 4.69) is 12.2 Å². The van der Waals surface area contributed by atoms with Crippen molar-refractivity contribution in [2.45, 2.75) is 45.4 Å². The first-order chi connectivity index (χ1) is 17.9. The van der Waals surface area contributed by atoms with Crippen molar-refractivity contribution in [3.05, 3.63) is 75.3 Å². The third-order valence-corrected chi connectivity index (χ3v) is 7.98. The number of aryl methyl sites for hydroxylation is 1. The van der Waals surface area contributed by atoms with E-state index < -0.39 is 0 Å². The van der Waals surface area contributed by atoms with Gasteiger partial charge in [0.25, 0.3) is 11.1 Å². The molecule has 3 amide bonds. The van der Waals surface area contributed by atoms with Crippen molar-refractivity contribution >= 4 is 57.4 Å². The van der Waals surface area contributed by atoms with Crippen molar-refractivity contribution < 1.29 is 19.1 Å². The lowest BCUT2D eigenvalue weighted by atomic mass is 10.1. The van der Waals surface area contributed by atoms with Gasteiger partial charge in [-0.1, -0.05) is 54.9 Å². The number of nitrogens with zero attached hydrogens (tertiary/aromatic N) is 2. The van der Waals surface area contributed by atoms with Gasteiger partial charge in [-0.05, 0) is 54.3 Å². The van der Waals surface area contributed by atoms with Crippen molar-refractivity contribution in [2.24, 2.45) is 0 Å². The SMILES string of the molecule is CCc1cccc2c(/C=C3\SC(=O)N(Cc4ccccc4Cl)C3=O)cn(CC(=O)NC[C@@H]3CCCO3)c12. The van der Waals surface area contributed by atoms with Gasteiger partial charge in [-0.2, -0.15) is 0 Å². The summed E-state index contributed by atoms with van der Waals surface area (Å²) in [5.74, 6) is -0.443. The quantitative estimate of drug-likeness (QED) is 0.390. The highest BCUT2D eigenvalue weighted by Crippen LogP contribution is 2.36. The monoisotopic (exact) mass is 537 g/mol. The van der Waals surface area contributed by atoms with Crippen LogP contribution in [0.15, 0.2) is 53.6 Å². The van der Waals surface area contributed by atoms with Crippen LogP contribution in [0.3, 0.4) is 0 Å². The maximum absolute atomic E-state index is 13.2. The molecule has 0 aliphatic carbocycles. The molecule has 0 radical (unpaired) electrons. The second-order valence-corrected chi connectivity index (χ2v) is 10.6. The first kappa shape index (κ1) is 25.6. The number of para-hydroxylation sites is 1. The molecule has 37 heavy (non-hydrogen) atoms. The summed E-state index contributed by atoms with van der Waals surface area (Å²) in [5.41, 5.74) is 3.57. The predicted octanol–water partition coefficient (Wildman–Crippen LogP) is 5.39. The van der Waals surface area contributed by atoms with Crippen molar-refractivity contribution in [1.82, 2.24) is 14.8 Å². The minimum absolute atomic E-state index is 0.0773. The van der Waals surface area contributed by atoms with Crippen molar-refractivity contribution in [3.8, 4) is 0 Å². The number of nitrogens with one attached hydrogen (secondary N) is 1. The van der Waals surface area contributed by atoms with E-state index in [-0.39, 0.29) is 36.2 Å². The fourth-order valence-electron chi connectivity index (χ4n) is 4.81. The molecule has 1 aromatic heterocycles. The second-order valence-electron chi connectivity index (χ2n) is 9.18. The first-order valence-electron chi connectivity index (χ1n) is 12.4. The molecular weight excluding hydrogens is 510 g/mol. The molecule has 0 bridgehead atoms. The number of aromatic nitrogens is 1. The van der Waals surface area contributed by atoms with Crippen molar-refractivity contribution in [2.75, 3.05) is 13.2 Å². The van der Waals surface area contributed by atoms with E-state index >= 15 is 0 Å². The maximum atomic E-state index is 13.2. The Kier molecular flexibility index (Phi) is 7.69. The van der Waals surface area contributed by atoms with Gasteiger partial charge in [0.15, 0.2) is 0 Å². The lowest BCUT2D eigenvalue weighted by Gasteiger charge is -2.13. The van der Waals surface area contributed by atoms with E-state index in [1.54, 1.807) is 18.2 Å². The smallest absolute Gasteiger partial charge is 0.293 e. The number of thioether (sulfide) groups is 1. The molecular formula is C28H28ClN3O4S. The number of imide groups is 1. The Morgan fingerprint density at radius 3 is 2.76 bits per heavy atom. The summed E-state index contributed by atoms with van der Waals surface area (Å²) in [7, 11) is 0. The highest BCUT2D eigenvalue weighted by Gasteiger charge is 2.35. The Hall–Kier alpha value is -3.07. The Bertz CT molecular complexity index is 1390. The average Bonchev–Trinajstić information content (AvgIpc) is 3.60. The zero-order valence-electron chi connectivity index (χ0n) is 20.5. The highest BCUT2D eigenvalue weighted by atomic mass is 35.5. The number of hydrogen-bond donors (Lipinski definition) is 1. The third-order valence-electron chi connectivity index (χ3n) is 6.70. The lowest BCUT2D eigenvalue weighted by molar-refractivity contribution is -0.123. The highest BCUT2D eigenvalue weighted by molar-refractivity contribution is 8.18. The molecule has 192 valence electrons. The molecule has 3 heterocycles. The van der Waals surface area contributed by atoms with Gasteiger partial charge in [0, 0.05) is 35.3 Å². The zero-order chi connectivity index (χ0) is 25.9. The van der Waals surface area contributed by atoms with Gasteiger partial charge < -0.3 is 14.6 Å². The summed E-state index contributed by atoms with van der Waals surface area (Å²) >= 11 is 7.17. The fourth-order valence-corrected chi connectivity index (χ4v) is 5.83. The van der Waals surface area contributed by atoms with Crippen LogP contribution in [0.1, 0.15) is 36.5 Å². The number of amides is 3. The number of halogens is 1. The number of benzene rings is 2. The van der Waals surface area contributed by atoms with Gasteiger partial charge in [0.05, 0.1) is 23.1 Å². The van der Waals surface area contributed by atoms with Gasteiger partial charge in [-0.15, -0.1) is 0 Å². The Morgan fingerprint density at radius 1 is 1.19 bits per heavy atom. The number of ether oxygens (including phenoxy) is 1. The fraction of sp³-hybridized carbons (Fsp3) is 0.321. The van der Waals surface area contributed by atoms with Gasteiger partial charge >= 0.3 is 0 Å². The van der Waals surface area contributed by atoms with Crippen LogP contribution in [-0.2, 0) is 33.8 Å². The zero-order valence-corrected chi connectivity index (χ0v) is 22.1. The summed E-state index contributed by atoms with van der Waals surface area (Å²) in [5, 5.41) is 4.10. The van der Waals surface area contributed by atoms with Crippen LogP contribution >= 0.6 is 23.4 Å². The molecule has 2 aliphatic heterocycles. The van der Waals surface area contributed by atoms with E-state index in [1.807, 2.05) is 41.1 Å². The standard InChI is InChI=1S/C28H28ClN3O4S/c1-2-18-8-5-10-22-20(15-31(26(18)22)17-25(33)30-14-21-9-6-12-36-21)13-24-27(34)32(28(35)37-24)16-19-7-3-4-11-23(19)29/h3-5,7-8,10-11,13,15,21H,2,6,9,12,14,16-17H2,1H3,(H,30,33)/b24-13-/t21-/m0/s1. The molecule has 1 atom stereocenters. The summed E-state index contributed by atoms with van der Waals surface area (Å²) in [4.78, 5) is 40.2. The summed E-state index contributed by atoms with van der Waals surface area (Å²) in [6.45, 7) is 3.60. The minimum Gasteiger partial charge on any atom is -0.376 e. The Balaban J connectivity index is 1.41. The molecule has 7 nitrogen and oxygen atoms in total. The van der Waals surface area contributed by atoms with Crippen LogP contribution in [0.4, 0.5) is 4.79 Å². The largest absolute Gasteiger partial charge is 0.376 e. The van der Waals surface area contributed by atoms with Crippen LogP contribution < -0.4 is 5.32 Å². The molecule has 0 saturated carbocycles. The Morgan fingerprint density at radius 2 is 2.00 bits per heavy atom. The molecule has 1 N–H and O–H groups in total. The molecule has 2 aromatic carbocycles. The molecule has 5 rings (SSSR count). The van der Waals surface area contributed by atoms with Crippen LogP contribution in [0.2, 0.25) is 5.02 Å². The van der Waals surface area contributed by atoms with Crippen LogP contribution in [0, 0.1) is 0 Å². The van der Waals surface area contributed by atoms with Crippen LogP contribution in [0.5, 0.6) is 0 Å². The van der Waals surface area contributed by atoms with Crippen molar-refractivity contribution in [3.63, 3.8) is 0 Å². The molecule has 3 aromatic rings. The molecule has 9 heteroatoms. The summed E-state index contributed by atoms with van der Waals surface area (Å²) in [6, 6.07) is 13.2. The van der Waals surface area contributed by atoms with Crippen LogP contribution in [-0.4, -0.2) is 45.8 Å². The number of rotatable bonds is 8. The van der Waals surface area contributed by atoms with E-state index in [0.717, 1.165) is 59.7 Å². The molecule has 2 saturated heterocycles. The average molecular weight is 538 g/mol. The van der Waals surface area contributed by atoms with E-state index in [1.165, 1.54) is 4.90 Å². The van der Waals surface area contributed by atoms with Gasteiger partial charge in [-0.25, -0.2) is 0 Å². The predicted molar refractivity (Wildman–Crippen MR) is 146 cm³/mol. The van der Waals surface area contributed by atoms with Gasteiger partial charge in [-0.3, -0.25) is 19.3 Å². The van der Waals surface area contributed by atoms with Crippen LogP contribution in [0.25, 0.3) is 17.0 Å². The summed E-state index contributed by atoms with van der Waals surface area (Å²) in [6.07, 6.45) is 6.50. The first-order valence-corrected chi connectivity index (χ1v) is 13.6. The number of carbonyl (C=O) groups excluding carboxylic acids is 3. The van der Waals surface area contributed by atoms with E-state index in [9.17, 15) is 14.4 Å². The van der Waals surface area contributed by atoms with E-state index in [4.69, 9.17) is 16.3 Å². The normalized spacial score (nSPS) is 18.9. The molecule has 2 fully saturated rings. The van der Waals surface area contributed by atoms with Gasteiger partial charge in [0.2, 0.25) is 5.91 Å². The number of carbonyl (C=O) groups is 3. The second kappa shape index (κ2) is 11.1. The van der Waals surface area contributed by atoms with Gasteiger partial charge in [0.1, 0.15) is 6.54 Å². The Labute approximate surface area is 224 Å². The summed E-state index contributed by atoms with van der Waals surface area (Å²) < 4.78 is 7.54. The molecule has 2 aliphatic rings. The number of hydrogen-bond acceptors (Lipinski definition) is 5. The number of fused-ring (bicyclic) bond motifs is 1. The topological polar surface area (TPSA) is 80.6 Å². The maximum Gasteiger partial charge on any atom is 0.293 e. The minimum atomic E-state index is -0.350.